The summed E-state index contributed by atoms with van der Waals surface area (Å²) in [5.74, 6) is 3.03. The average molecular weight is 237 g/mol. The summed E-state index contributed by atoms with van der Waals surface area (Å²) in [7, 11) is 4.29. The van der Waals surface area contributed by atoms with Crippen LogP contribution in [0.2, 0.25) is 0 Å². The fourth-order valence-corrected chi connectivity index (χ4v) is 4.88. The van der Waals surface area contributed by atoms with Crippen LogP contribution < -0.4 is 0 Å². The van der Waals surface area contributed by atoms with Crippen molar-refractivity contribution in [1.82, 2.24) is 4.90 Å². The Morgan fingerprint density at radius 1 is 1.00 bits per heavy atom. The molecule has 0 aromatic rings. The van der Waals surface area contributed by atoms with E-state index in [1.165, 1.54) is 44.9 Å². The molecule has 4 saturated carbocycles. The van der Waals surface area contributed by atoms with Crippen molar-refractivity contribution < 1.29 is 4.74 Å². The molecule has 0 heterocycles. The van der Waals surface area contributed by atoms with Gasteiger partial charge in [-0.25, -0.2) is 0 Å². The summed E-state index contributed by atoms with van der Waals surface area (Å²) in [6, 6.07) is 0. The molecule has 4 aliphatic rings. The lowest BCUT2D eigenvalue weighted by molar-refractivity contribution is -0.162. The van der Waals surface area contributed by atoms with Gasteiger partial charge in [-0.1, -0.05) is 0 Å². The second-order valence-electron chi connectivity index (χ2n) is 7.11. The number of hydrogen-bond donors (Lipinski definition) is 0. The van der Waals surface area contributed by atoms with E-state index in [-0.39, 0.29) is 0 Å². The molecule has 0 unspecified atom stereocenters. The molecule has 4 fully saturated rings. The van der Waals surface area contributed by atoms with Crippen LogP contribution in [0.4, 0.5) is 0 Å². The molecule has 0 spiro atoms. The van der Waals surface area contributed by atoms with Crippen molar-refractivity contribution in [3.05, 3.63) is 0 Å². The van der Waals surface area contributed by atoms with Crippen molar-refractivity contribution in [2.24, 2.45) is 17.8 Å². The first-order valence-electron chi connectivity index (χ1n) is 7.44. The third-order valence-electron chi connectivity index (χ3n) is 5.14. The second-order valence-corrected chi connectivity index (χ2v) is 7.11. The summed E-state index contributed by atoms with van der Waals surface area (Å²) in [5.41, 5.74) is 0.320. The highest BCUT2D eigenvalue weighted by Gasteiger charge is 2.51. The van der Waals surface area contributed by atoms with Crippen LogP contribution in [-0.4, -0.2) is 37.7 Å². The molecule has 0 N–H and O–H groups in total. The lowest BCUT2D eigenvalue weighted by atomic mass is 9.54. The number of rotatable bonds is 5. The minimum absolute atomic E-state index is 0.320. The Bertz CT molecular complexity index is 239. The predicted octanol–water partition coefficient (Wildman–Crippen LogP) is 2.92. The second kappa shape index (κ2) is 4.55. The molecule has 2 nitrogen and oxygen atoms in total. The molecule has 98 valence electrons. The van der Waals surface area contributed by atoms with Crippen molar-refractivity contribution >= 4 is 0 Å². The van der Waals surface area contributed by atoms with Crippen LogP contribution >= 0.6 is 0 Å². The van der Waals surface area contributed by atoms with Crippen LogP contribution in [0.1, 0.15) is 44.9 Å². The lowest BCUT2D eigenvalue weighted by Gasteiger charge is -2.56. The number of nitrogens with zero attached hydrogens (tertiary/aromatic N) is 1. The van der Waals surface area contributed by atoms with Crippen molar-refractivity contribution in [3.8, 4) is 0 Å². The zero-order valence-corrected chi connectivity index (χ0v) is 11.5. The quantitative estimate of drug-likeness (QED) is 0.682. The van der Waals surface area contributed by atoms with Crippen molar-refractivity contribution in [3.63, 3.8) is 0 Å². The largest absolute Gasteiger partial charge is 0.375 e. The van der Waals surface area contributed by atoms with Crippen LogP contribution in [0.5, 0.6) is 0 Å². The van der Waals surface area contributed by atoms with Gasteiger partial charge >= 0.3 is 0 Å². The van der Waals surface area contributed by atoms with Gasteiger partial charge in [0.05, 0.1) is 5.60 Å². The fourth-order valence-electron chi connectivity index (χ4n) is 4.88. The molecule has 17 heavy (non-hydrogen) atoms. The molecule has 0 aromatic heterocycles. The van der Waals surface area contributed by atoms with E-state index >= 15 is 0 Å². The Morgan fingerprint density at radius 2 is 1.53 bits per heavy atom. The van der Waals surface area contributed by atoms with Gasteiger partial charge in [0.15, 0.2) is 0 Å². The van der Waals surface area contributed by atoms with Crippen LogP contribution in [0.15, 0.2) is 0 Å². The van der Waals surface area contributed by atoms with E-state index in [1.807, 2.05) is 0 Å². The number of hydrogen-bond acceptors (Lipinski definition) is 2. The molecule has 4 aliphatic carbocycles. The van der Waals surface area contributed by atoms with E-state index in [1.54, 1.807) is 0 Å². The summed E-state index contributed by atoms with van der Waals surface area (Å²) >= 11 is 0. The van der Waals surface area contributed by atoms with Crippen molar-refractivity contribution in [1.29, 1.82) is 0 Å². The van der Waals surface area contributed by atoms with Gasteiger partial charge in [0.2, 0.25) is 0 Å². The van der Waals surface area contributed by atoms with Gasteiger partial charge in [0.25, 0.3) is 0 Å². The molecule has 4 rings (SSSR count). The smallest absolute Gasteiger partial charge is 0.0690 e. The molecular formula is C15H27NO. The highest BCUT2D eigenvalue weighted by molar-refractivity contribution is 5.03. The maximum absolute atomic E-state index is 6.37. The van der Waals surface area contributed by atoms with Gasteiger partial charge in [0.1, 0.15) is 0 Å². The zero-order valence-electron chi connectivity index (χ0n) is 11.5. The topological polar surface area (TPSA) is 12.5 Å². The Labute approximate surface area is 106 Å². The monoisotopic (exact) mass is 237 g/mol. The minimum Gasteiger partial charge on any atom is -0.375 e. The van der Waals surface area contributed by atoms with E-state index in [4.69, 9.17) is 4.74 Å². The first kappa shape index (κ1) is 12.0. The summed E-state index contributed by atoms with van der Waals surface area (Å²) in [4.78, 5) is 2.25. The Balaban J connectivity index is 1.52. The molecule has 0 atom stereocenters. The predicted molar refractivity (Wildman–Crippen MR) is 70.0 cm³/mol. The van der Waals surface area contributed by atoms with Crippen LogP contribution in [0.25, 0.3) is 0 Å². The van der Waals surface area contributed by atoms with E-state index < -0.39 is 0 Å². The summed E-state index contributed by atoms with van der Waals surface area (Å²) in [5, 5.41) is 0. The standard InChI is InChI=1S/C15H27NO/c1-16(2)4-3-5-17-15-9-12-6-13(10-15)8-14(7-12)11-15/h12-14H,3-11H2,1-2H3. The summed E-state index contributed by atoms with van der Waals surface area (Å²) in [6.45, 7) is 2.14. The van der Waals surface area contributed by atoms with E-state index in [0.29, 0.717) is 5.60 Å². The molecule has 0 aromatic carbocycles. The first-order chi connectivity index (χ1) is 8.15. The molecule has 0 amide bonds. The number of ether oxygens (including phenoxy) is 1. The maximum atomic E-state index is 6.37. The Kier molecular flexibility index (Phi) is 3.20. The molecular weight excluding hydrogens is 210 g/mol. The molecule has 0 radical (unpaired) electrons. The van der Waals surface area contributed by atoms with Gasteiger partial charge < -0.3 is 9.64 Å². The Morgan fingerprint density at radius 3 is 2.00 bits per heavy atom. The van der Waals surface area contributed by atoms with Crippen LogP contribution in [0.3, 0.4) is 0 Å². The first-order valence-corrected chi connectivity index (χ1v) is 7.44. The van der Waals surface area contributed by atoms with Gasteiger partial charge in [-0.2, -0.15) is 0 Å². The molecule has 4 bridgehead atoms. The average Bonchev–Trinajstić information content (AvgIpc) is 2.22. The van der Waals surface area contributed by atoms with E-state index in [2.05, 4.69) is 19.0 Å². The summed E-state index contributed by atoms with van der Waals surface area (Å²) < 4.78 is 6.37. The van der Waals surface area contributed by atoms with Gasteiger partial charge in [-0.3, -0.25) is 0 Å². The third kappa shape index (κ3) is 2.53. The molecule has 2 heteroatoms. The van der Waals surface area contributed by atoms with Gasteiger partial charge in [0, 0.05) is 6.61 Å². The third-order valence-corrected chi connectivity index (χ3v) is 5.14. The lowest BCUT2D eigenvalue weighted by Crippen LogP contribution is -2.52. The zero-order chi connectivity index (χ0) is 11.9. The van der Waals surface area contributed by atoms with Crippen molar-refractivity contribution in [2.75, 3.05) is 27.2 Å². The summed E-state index contributed by atoms with van der Waals surface area (Å²) in [6.07, 6.45) is 9.86. The Hall–Kier alpha value is -0.0800. The minimum atomic E-state index is 0.320. The molecule has 0 saturated heterocycles. The highest BCUT2D eigenvalue weighted by atomic mass is 16.5. The normalized spacial score (nSPS) is 43.6. The fraction of sp³-hybridized carbons (Fsp3) is 1.00. The maximum Gasteiger partial charge on any atom is 0.0690 e. The van der Waals surface area contributed by atoms with Crippen LogP contribution in [0, 0.1) is 17.8 Å². The van der Waals surface area contributed by atoms with E-state index in [0.717, 1.165) is 30.9 Å². The van der Waals surface area contributed by atoms with Crippen molar-refractivity contribution in [2.45, 2.75) is 50.5 Å². The van der Waals surface area contributed by atoms with Gasteiger partial charge in [-0.05, 0) is 83.3 Å². The molecule has 0 aliphatic heterocycles. The highest BCUT2D eigenvalue weighted by Crippen LogP contribution is 2.57. The van der Waals surface area contributed by atoms with E-state index in [9.17, 15) is 0 Å². The van der Waals surface area contributed by atoms with Gasteiger partial charge in [-0.15, -0.1) is 0 Å². The SMILES string of the molecule is CN(C)CCCOC12CC3CC(CC(C3)C1)C2. The van der Waals surface area contributed by atoms with Crippen LogP contribution in [-0.2, 0) is 4.74 Å².